The van der Waals surface area contributed by atoms with Gasteiger partial charge in [-0.25, -0.2) is 0 Å². The third-order valence-electron chi connectivity index (χ3n) is 3.38. The lowest BCUT2D eigenvalue weighted by Crippen LogP contribution is -2.34. The van der Waals surface area contributed by atoms with E-state index in [-0.39, 0.29) is 5.75 Å². The first-order valence-corrected chi connectivity index (χ1v) is 6.09. The number of aromatic hydroxyl groups is 1. The van der Waals surface area contributed by atoms with Crippen molar-refractivity contribution in [1.29, 1.82) is 0 Å². The molecule has 0 heterocycles. The molecule has 0 fully saturated rings. The standard InChI is InChI=1S/C16H16O3/c1-16(15(18)19,11-12-5-3-2-4-6-12)13-7-9-14(17)10-8-13/h2-10,17H,11H2,1H3,(H,18,19). The molecule has 2 N–H and O–H groups in total. The van der Waals surface area contributed by atoms with E-state index in [1.54, 1.807) is 19.1 Å². The fourth-order valence-electron chi connectivity index (χ4n) is 2.13. The van der Waals surface area contributed by atoms with E-state index in [0.717, 1.165) is 5.56 Å². The van der Waals surface area contributed by atoms with Gasteiger partial charge in [-0.05, 0) is 36.6 Å². The van der Waals surface area contributed by atoms with E-state index >= 15 is 0 Å². The Hall–Kier alpha value is -2.29. The molecule has 0 spiro atoms. The van der Waals surface area contributed by atoms with Gasteiger partial charge < -0.3 is 10.2 Å². The molecule has 1 atom stereocenters. The molecule has 0 aromatic heterocycles. The molecule has 2 aromatic rings. The summed E-state index contributed by atoms with van der Waals surface area (Å²) < 4.78 is 0. The highest BCUT2D eigenvalue weighted by molar-refractivity contribution is 5.81. The molecular formula is C16H16O3. The summed E-state index contributed by atoms with van der Waals surface area (Å²) in [6.07, 6.45) is 0.411. The summed E-state index contributed by atoms with van der Waals surface area (Å²) >= 11 is 0. The molecule has 1 unspecified atom stereocenters. The molecule has 3 heteroatoms. The van der Waals surface area contributed by atoms with Crippen LogP contribution in [-0.2, 0) is 16.6 Å². The lowest BCUT2D eigenvalue weighted by molar-refractivity contribution is -0.143. The predicted octanol–water partition coefficient (Wildman–Crippen LogP) is 2.98. The molecule has 2 aromatic carbocycles. The van der Waals surface area contributed by atoms with Gasteiger partial charge in [-0.1, -0.05) is 42.5 Å². The van der Waals surface area contributed by atoms with E-state index in [0.29, 0.717) is 12.0 Å². The third kappa shape index (κ3) is 2.76. The van der Waals surface area contributed by atoms with Crippen molar-refractivity contribution in [2.75, 3.05) is 0 Å². The zero-order valence-corrected chi connectivity index (χ0v) is 10.7. The number of benzene rings is 2. The maximum atomic E-state index is 11.6. The van der Waals surface area contributed by atoms with Crippen molar-refractivity contribution in [3.05, 3.63) is 65.7 Å². The molecule has 0 aliphatic heterocycles. The number of carboxylic acids is 1. The second-order valence-corrected chi connectivity index (χ2v) is 4.85. The van der Waals surface area contributed by atoms with Crippen molar-refractivity contribution in [2.45, 2.75) is 18.8 Å². The first kappa shape index (κ1) is 13.1. The normalized spacial score (nSPS) is 13.7. The van der Waals surface area contributed by atoms with Crippen LogP contribution >= 0.6 is 0 Å². The van der Waals surface area contributed by atoms with E-state index < -0.39 is 11.4 Å². The third-order valence-corrected chi connectivity index (χ3v) is 3.38. The second kappa shape index (κ2) is 5.14. The Morgan fingerprint density at radius 2 is 1.63 bits per heavy atom. The molecule has 0 amide bonds. The summed E-state index contributed by atoms with van der Waals surface area (Å²) in [5.41, 5.74) is 0.650. The van der Waals surface area contributed by atoms with Crippen LogP contribution in [0.3, 0.4) is 0 Å². The lowest BCUT2D eigenvalue weighted by Gasteiger charge is -2.25. The van der Waals surface area contributed by atoms with E-state index in [4.69, 9.17) is 0 Å². The van der Waals surface area contributed by atoms with Gasteiger partial charge in [0.25, 0.3) is 0 Å². The number of carbonyl (C=O) groups is 1. The quantitative estimate of drug-likeness (QED) is 0.884. The van der Waals surface area contributed by atoms with Gasteiger partial charge in [0.1, 0.15) is 5.75 Å². The smallest absolute Gasteiger partial charge is 0.314 e. The topological polar surface area (TPSA) is 57.5 Å². The van der Waals surface area contributed by atoms with Gasteiger partial charge in [-0.3, -0.25) is 4.79 Å². The van der Waals surface area contributed by atoms with Crippen LogP contribution in [0.25, 0.3) is 0 Å². The monoisotopic (exact) mass is 256 g/mol. The van der Waals surface area contributed by atoms with Crippen LogP contribution in [-0.4, -0.2) is 16.2 Å². The van der Waals surface area contributed by atoms with Crippen LogP contribution in [0.5, 0.6) is 5.75 Å². The molecule has 0 bridgehead atoms. The molecule has 0 radical (unpaired) electrons. The number of hydrogen-bond acceptors (Lipinski definition) is 2. The SMILES string of the molecule is CC(Cc1ccccc1)(C(=O)O)c1ccc(O)cc1. The van der Waals surface area contributed by atoms with Gasteiger partial charge in [0.05, 0.1) is 5.41 Å². The molecule has 0 aliphatic rings. The molecule has 0 saturated heterocycles. The van der Waals surface area contributed by atoms with Crippen LogP contribution in [0.4, 0.5) is 0 Å². The predicted molar refractivity (Wildman–Crippen MR) is 73.2 cm³/mol. The molecular weight excluding hydrogens is 240 g/mol. The van der Waals surface area contributed by atoms with E-state index in [9.17, 15) is 15.0 Å². The van der Waals surface area contributed by atoms with Crippen LogP contribution in [0.15, 0.2) is 54.6 Å². The van der Waals surface area contributed by atoms with Gasteiger partial charge in [0.15, 0.2) is 0 Å². The van der Waals surface area contributed by atoms with Gasteiger partial charge in [-0.2, -0.15) is 0 Å². The summed E-state index contributed by atoms with van der Waals surface area (Å²) in [7, 11) is 0. The maximum Gasteiger partial charge on any atom is 0.314 e. The summed E-state index contributed by atoms with van der Waals surface area (Å²) in [6.45, 7) is 1.70. The number of hydrogen-bond donors (Lipinski definition) is 2. The van der Waals surface area contributed by atoms with E-state index in [1.165, 1.54) is 12.1 Å². The van der Waals surface area contributed by atoms with Crippen molar-refractivity contribution >= 4 is 5.97 Å². The Bertz CT molecular complexity index is 560. The molecule has 0 saturated carbocycles. The van der Waals surface area contributed by atoms with Gasteiger partial charge in [-0.15, -0.1) is 0 Å². The molecule has 2 rings (SSSR count). The van der Waals surface area contributed by atoms with Gasteiger partial charge in [0.2, 0.25) is 0 Å². The molecule has 0 aliphatic carbocycles. The van der Waals surface area contributed by atoms with Crippen LogP contribution in [0.1, 0.15) is 18.1 Å². The first-order valence-electron chi connectivity index (χ1n) is 6.09. The Balaban J connectivity index is 2.38. The fourth-order valence-corrected chi connectivity index (χ4v) is 2.13. The maximum absolute atomic E-state index is 11.6. The zero-order chi connectivity index (χ0) is 13.9. The Labute approximate surface area is 112 Å². The van der Waals surface area contributed by atoms with Crippen molar-refractivity contribution in [3.63, 3.8) is 0 Å². The van der Waals surface area contributed by atoms with Crippen molar-refractivity contribution in [2.24, 2.45) is 0 Å². The highest BCUT2D eigenvalue weighted by atomic mass is 16.4. The van der Waals surface area contributed by atoms with E-state index in [1.807, 2.05) is 30.3 Å². The van der Waals surface area contributed by atoms with Crippen LogP contribution in [0, 0.1) is 0 Å². The van der Waals surface area contributed by atoms with Gasteiger partial charge in [0, 0.05) is 0 Å². The minimum atomic E-state index is -1.00. The summed E-state index contributed by atoms with van der Waals surface area (Å²) in [5.74, 6) is -0.738. The minimum Gasteiger partial charge on any atom is -0.508 e. The Morgan fingerprint density at radius 1 is 1.05 bits per heavy atom. The molecule has 19 heavy (non-hydrogen) atoms. The Morgan fingerprint density at radius 3 is 2.16 bits per heavy atom. The van der Waals surface area contributed by atoms with Crippen molar-refractivity contribution < 1.29 is 15.0 Å². The summed E-state index contributed by atoms with van der Waals surface area (Å²) in [4.78, 5) is 11.6. The van der Waals surface area contributed by atoms with Gasteiger partial charge >= 0.3 is 5.97 Å². The minimum absolute atomic E-state index is 0.135. The molecule has 98 valence electrons. The summed E-state index contributed by atoms with van der Waals surface area (Å²) in [6, 6.07) is 15.9. The number of aliphatic carboxylic acids is 1. The number of phenolic OH excluding ortho intramolecular Hbond substituents is 1. The zero-order valence-electron chi connectivity index (χ0n) is 10.7. The fraction of sp³-hybridized carbons (Fsp3) is 0.188. The van der Waals surface area contributed by atoms with E-state index in [2.05, 4.69) is 0 Å². The Kier molecular flexibility index (Phi) is 3.56. The highest BCUT2D eigenvalue weighted by Crippen LogP contribution is 2.29. The van der Waals surface area contributed by atoms with Crippen molar-refractivity contribution in [1.82, 2.24) is 0 Å². The number of rotatable bonds is 4. The van der Waals surface area contributed by atoms with Crippen LogP contribution in [0.2, 0.25) is 0 Å². The molecule has 3 nitrogen and oxygen atoms in total. The van der Waals surface area contributed by atoms with Crippen molar-refractivity contribution in [3.8, 4) is 5.75 Å². The highest BCUT2D eigenvalue weighted by Gasteiger charge is 2.35. The average Bonchev–Trinajstić information content (AvgIpc) is 2.40. The summed E-state index contributed by atoms with van der Waals surface area (Å²) in [5, 5.41) is 18.9. The van der Waals surface area contributed by atoms with Crippen LogP contribution < -0.4 is 0 Å². The largest absolute Gasteiger partial charge is 0.508 e. The number of carboxylic acid groups (broad SMARTS) is 1. The average molecular weight is 256 g/mol. The first-order chi connectivity index (χ1) is 9.02. The lowest BCUT2D eigenvalue weighted by atomic mass is 9.77. The second-order valence-electron chi connectivity index (χ2n) is 4.85. The number of phenols is 1.